The number of hydrogen-bond donors (Lipinski definition) is 0. The van der Waals surface area contributed by atoms with Crippen LogP contribution in [0, 0.1) is 12.8 Å². The molecule has 1 aliphatic heterocycles. The van der Waals surface area contributed by atoms with Gasteiger partial charge in [-0.1, -0.05) is 15.9 Å². The quantitative estimate of drug-likeness (QED) is 0.787. The molecule has 19 heavy (non-hydrogen) atoms. The molecule has 4 nitrogen and oxygen atoms in total. The number of anilines is 1. The van der Waals surface area contributed by atoms with Crippen LogP contribution in [0.3, 0.4) is 0 Å². The van der Waals surface area contributed by atoms with Gasteiger partial charge in [-0.2, -0.15) is 8.42 Å². The summed E-state index contributed by atoms with van der Waals surface area (Å²) in [5.41, 5.74) is 1.65. The highest BCUT2D eigenvalue weighted by Crippen LogP contribution is 2.30. The number of aryl methyl sites for hydroxylation is 1. The van der Waals surface area contributed by atoms with Crippen molar-refractivity contribution in [3.63, 3.8) is 0 Å². The van der Waals surface area contributed by atoms with E-state index in [2.05, 4.69) is 15.9 Å². The first kappa shape index (κ1) is 14.5. The fourth-order valence-corrected chi connectivity index (χ4v) is 3.59. The van der Waals surface area contributed by atoms with Gasteiger partial charge in [0, 0.05) is 29.0 Å². The van der Waals surface area contributed by atoms with Crippen LogP contribution in [0.25, 0.3) is 0 Å². The number of benzene rings is 1. The summed E-state index contributed by atoms with van der Waals surface area (Å²) in [6, 6.07) is 5.49. The Balaban J connectivity index is 2.20. The van der Waals surface area contributed by atoms with Crippen molar-refractivity contribution >= 4 is 37.7 Å². The van der Waals surface area contributed by atoms with Crippen molar-refractivity contribution in [2.75, 3.05) is 17.2 Å². The van der Waals surface area contributed by atoms with Gasteiger partial charge >= 0.3 is 10.2 Å². The number of hydrogen-bond acceptors (Lipinski definition) is 3. The van der Waals surface area contributed by atoms with Gasteiger partial charge in [0.25, 0.3) is 0 Å². The molecule has 1 amide bonds. The molecule has 0 bridgehead atoms. The lowest BCUT2D eigenvalue weighted by Gasteiger charge is -2.19. The molecule has 0 radical (unpaired) electrons. The fraction of sp³-hybridized carbons (Fsp3) is 0.417. The second-order valence-electron chi connectivity index (χ2n) is 4.71. The van der Waals surface area contributed by atoms with Crippen LogP contribution in [0.1, 0.15) is 12.0 Å². The molecule has 104 valence electrons. The number of amides is 1. The minimum atomic E-state index is -4.54. The van der Waals surface area contributed by atoms with Gasteiger partial charge in [0.05, 0.1) is 5.75 Å². The van der Waals surface area contributed by atoms with Crippen LogP contribution in [-0.4, -0.2) is 26.6 Å². The molecule has 0 aliphatic carbocycles. The molecule has 1 aromatic carbocycles. The lowest BCUT2D eigenvalue weighted by molar-refractivity contribution is -0.117. The first-order valence-electron chi connectivity index (χ1n) is 5.75. The molecule has 0 saturated carbocycles. The summed E-state index contributed by atoms with van der Waals surface area (Å²) in [7, 11) is -4.54. The number of carbonyl (C=O) groups is 1. The van der Waals surface area contributed by atoms with Gasteiger partial charge < -0.3 is 4.90 Å². The Morgan fingerprint density at radius 2 is 2.16 bits per heavy atom. The molecule has 1 atom stereocenters. The molecule has 1 aromatic rings. The maximum Gasteiger partial charge on any atom is 0.302 e. The number of nitrogens with zero attached hydrogens (tertiary/aromatic N) is 1. The van der Waals surface area contributed by atoms with Crippen molar-refractivity contribution in [1.29, 1.82) is 0 Å². The molecule has 1 unspecified atom stereocenters. The molecule has 0 N–H and O–H groups in total. The van der Waals surface area contributed by atoms with E-state index in [1.807, 2.05) is 19.1 Å². The SMILES string of the molecule is Cc1cc(Br)ccc1N1CC(CS(=O)(=O)F)CC1=O. The van der Waals surface area contributed by atoms with Crippen molar-refractivity contribution < 1.29 is 17.1 Å². The van der Waals surface area contributed by atoms with Crippen molar-refractivity contribution in [2.45, 2.75) is 13.3 Å². The van der Waals surface area contributed by atoms with E-state index in [-0.39, 0.29) is 18.9 Å². The predicted octanol–water partition coefficient (Wildman–Crippen LogP) is 2.41. The van der Waals surface area contributed by atoms with Gasteiger partial charge in [-0.3, -0.25) is 4.79 Å². The summed E-state index contributed by atoms with van der Waals surface area (Å²) in [5.74, 6) is -1.24. The molecule has 1 fully saturated rings. The second-order valence-corrected chi connectivity index (χ2v) is 7.04. The molecule has 1 heterocycles. The molecular weight excluding hydrogens is 337 g/mol. The third-order valence-electron chi connectivity index (χ3n) is 3.09. The van der Waals surface area contributed by atoms with E-state index in [4.69, 9.17) is 0 Å². The largest absolute Gasteiger partial charge is 0.312 e. The minimum Gasteiger partial charge on any atom is -0.312 e. The topological polar surface area (TPSA) is 54.5 Å². The molecule has 2 rings (SSSR count). The first-order chi connectivity index (χ1) is 8.76. The van der Waals surface area contributed by atoms with Gasteiger partial charge in [-0.15, -0.1) is 3.89 Å². The molecule has 1 aliphatic rings. The van der Waals surface area contributed by atoms with Crippen LogP contribution in [-0.2, 0) is 15.0 Å². The third-order valence-corrected chi connectivity index (χ3v) is 4.45. The second kappa shape index (κ2) is 5.20. The average molecular weight is 350 g/mol. The van der Waals surface area contributed by atoms with E-state index in [1.54, 1.807) is 6.07 Å². The van der Waals surface area contributed by atoms with Crippen LogP contribution in [0.15, 0.2) is 22.7 Å². The van der Waals surface area contributed by atoms with Crippen LogP contribution in [0.5, 0.6) is 0 Å². The summed E-state index contributed by atoms with van der Waals surface area (Å²) in [4.78, 5) is 13.4. The lowest BCUT2D eigenvalue weighted by Crippen LogP contribution is -2.26. The molecule has 7 heteroatoms. The van der Waals surface area contributed by atoms with Crippen molar-refractivity contribution in [1.82, 2.24) is 0 Å². The van der Waals surface area contributed by atoms with E-state index in [1.165, 1.54) is 4.90 Å². The zero-order valence-electron chi connectivity index (χ0n) is 10.3. The standard InChI is InChI=1S/C12H13BrFNO3S/c1-8-4-10(13)2-3-11(8)15-6-9(5-12(15)16)7-19(14,17)18/h2-4,9H,5-7H2,1H3. The fourth-order valence-electron chi connectivity index (χ4n) is 2.33. The average Bonchev–Trinajstić information content (AvgIpc) is 2.56. The van der Waals surface area contributed by atoms with Gasteiger partial charge in [-0.25, -0.2) is 0 Å². The lowest BCUT2D eigenvalue weighted by atomic mass is 10.1. The van der Waals surface area contributed by atoms with Gasteiger partial charge in [0.15, 0.2) is 0 Å². The monoisotopic (exact) mass is 349 g/mol. The van der Waals surface area contributed by atoms with Crippen LogP contribution in [0.4, 0.5) is 9.57 Å². The van der Waals surface area contributed by atoms with E-state index in [9.17, 15) is 17.1 Å². The van der Waals surface area contributed by atoms with E-state index >= 15 is 0 Å². The van der Waals surface area contributed by atoms with Crippen molar-refractivity contribution in [3.8, 4) is 0 Å². The Morgan fingerprint density at radius 1 is 1.47 bits per heavy atom. The summed E-state index contributed by atoms with van der Waals surface area (Å²) in [5, 5.41) is 0. The zero-order valence-corrected chi connectivity index (χ0v) is 12.7. The van der Waals surface area contributed by atoms with Crippen LogP contribution >= 0.6 is 15.9 Å². The molecule has 1 saturated heterocycles. The Morgan fingerprint density at radius 3 is 2.74 bits per heavy atom. The van der Waals surface area contributed by atoms with E-state index < -0.39 is 21.9 Å². The summed E-state index contributed by atoms with van der Waals surface area (Å²) >= 11 is 3.34. The molecule has 0 spiro atoms. The Kier molecular flexibility index (Phi) is 3.96. The Labute approximate surface area is 119 Å². The smallest absolute Gasteiger partial charge is 0.302 e. The Hall–Kier alpha value is -0.950. The van der Waals surface area contributed by atoms with Gasteiger partial charge in [-0.05, 0) is 30.7 Å². The highest BCUT2D eigenvalue weighted by atomic mass is 79.9. The number of rotatable bonds is 3. The minimum absolute atomic E-state index is 0.0681. The summed E-state index contributed by atoms with van der Waals surface area (Å²) in [6.07, 6.45) is 0.0681. The molecule has 0 aromatic heterocycles. The van der Waals surface area contributed by atoms with Crippen molar-refractivity contribution in [3.05, 3.63) is 28.2 Å². The molecular formula is C12H13BrFNO3S. The Bertz CT molecular complexity index is 617. The maximum atomic E-state index is 12.7. The highest BCUT2D eigenvalue weighted by molar-refractivity contribution is 9.10. The normalized spacial score (nSPS) is 20.1. The van der Waals surface area contributed by atoms with Crippen molar-refractivity contribution in [2.24, 2.45) is 5.92 Å². The van der Waals surface area contributed by atoms with Crippen LogP contribution < -0.4 is 4.90 Å². The summed E-state index contributed by atoms with van der Waals surface area (Å²) < 4.78 is 34.9. The van der Waals surface area contributed by atoms with E-state index in [0.29, 0.717) is 0 Å². The van der Waals surface area contributed by atoms with Gasteiger partial charge in [0.2, 0.25) is 5.91 Å². The third kappa shape index (κ3) is 3.54. The summed E-state index contributed by atoms with van der Waals surface area (Å²) in [6.45, 7) is 2.11. The van der Waals surface area contributed by atoms with Gasteiger partial charge in [0.1, 0.15) is 0 Å². The number of halogens is 2. The highest BCUT2D eigenvalue weighted by Gasteiger charge is 2.34. The first-order valence-corrected chi connectivity index (χ1v) is 8.09. The van der Waals surface area contributed by atoms with Crippen LogP contribution in [0.2, 0.25) is 0 Å². The predicted molar refractivity (Wildman–Crippen MR) is 74.2 cm³/mol. The van der Waals surface area contributed by atoms with E-state index in [0.717, 1.165) is 15.7 Å². The maximum absolute atomic E-state index is 12.7. The number of carbonyl (C=O) groups excluding carboxylic acids is 1. The zero-order chi connectivity index (χ0) is 14.2.